The molecule has 0 saturated carbocycles. The highest BCUT2D eigenvalue weighted by Gasteiger charge is 2.44. The number of aliphatic hydroxyl groups excluding tert-OH is 2. The molecule has 9 nitrogen and oxygen atoms in total. The third-order valence-corrected chi connectivity index (χ3v) is 8.37. The molecule has 0 fully saturated rings. The number of aliphatic hydroxyl groups is 3. The van der Waals surface area contributed by atoms with E-state index < -0.39 is 47.4 Å². The fourth-order valence-electron chi connectivity index (χ4n) is 6.11. The van der Waals surface area contributed by atoms with Gasteiger partial charge in [-0.15, -0.1) is 0 Å². The summed E-state index contributed by atoms with van der Waals surface area (Å²) in [6.07, 6.45) is -1.82. The van der Waals surface area contributed by atoms with Crippen LogP contribution in [0.5, 0.6) is 0 Å². The molecule has 0 bridgehead atoms. The predicted octanol–water partition coefficient (Wildman–Crippen LogP) is 3.25. The van der Waals surface area contributed by atoms with Crippen LogP contribution in [-0.4, -0.2) is 80.2 Å². The Morgan fingerprint density at radius 1 is 0.841 bits per heavy atom. The van der Waals surface area contributed by atoms with Crippen molar-refractivity contribution in [2.75, 3.05) is 13.1 Å². The van der Waals surface area contributed by atoms with Crippen molar-refractivity contribution in [3.8, 4) is 0 Å². The molecule has 3 aromatic carbocycles. The van der Waals surface area contributed by atoms with E-state index in [9.17, 15) is 30.0 Å². The van der Waals surface area contributed by atoms with E-state index in [4.69, 9.17) is 0 Å². The predicted molar refractivity (Wildman–Crippen MR) is 169 cm³/mol. The SMILES string of the molecule is CC(C)(C)N(C(=O)O)[C@@H](Cc1ccccc1)[C@H](O)CNC[C@@H](O)[C@H](Cc1ccccc1)NC(=O)C1(O)CCc2ccccc21. The molecule has 6 N–H and O–H groups in total. The standard InChI is InChI=1S/C35H45N3O6/c1-34(2,3)38(33(42)43)29(21-25-14-8-5-9-15-25)31(40)23-36-22-30(39)28(20-24-12-6-4-7-13-24)37-32(41)35(44)19-18-26-16-10-11-17-27(26)35/h4-17,28-31,36,39-40,44H,18-23H2,1-3H3,(H,37,41)(H,42,43)/t28-,29-,30+,31+,35?/m0/s1. The van der Waals surface area contributed by atoms with Gasteiger partial charge in [0.15, 0.2) is 5.60 Å². The second-order valence-corrected chi connectivity index (χ2v) is 12.7. The molecular formula is C35H45N3O6. The van der Waals surface area contributed by atoms with E-state index in [0.717, 1.165) is 16.7 Å². The average molecular weight is 604 g/mol. The molecule has 0 aliphatic heterocycles. The summed E-state index contributed by atoms with van der Waals surface area (Å²) in [4.78, 5) is 27.1. The smallest absolute Gasteiger partial charge is 0.408 e. The summed E-state index contributed by atoms with van der Waals surface area (Å²) < 4.78 is 0. The molecule has 1 aliphatic rings. The molecule has 0 heterocycles. The van der Waals surface area contributed by atoms with Crippen molar-refractivity contribution < 1.29 is 30.0 Å². The van der Waals surface area contributed by atoms with E-state index in [0.29, 0.717) is 24.8 Å². The number of nitrogens with zero attached hydrogens (tertiary/aromatic N) is 1. The Morgan fingerprint density at radius 3 is 1.98 bits per heavy atom. The van der Waals surface area contributed by atoms with Crippen molar-refractivity contribution in [3.63, 3.8) is 0 Å². The van der Waals surface area contributed by atoms with E-state index >= 15 is 0 Å². The number of amides is 2. The summed E-state index contributed by atoms with van der Waals surface area (Å²) in [7, 11) is 0. The number of aryl methyl sites for hydroxylation is 1. The highest BCUT2D eigenvalue weighted by Crippen LogP contribution is 2.37. The zero-order chi connectivity index (χ0) is 31.9. The lowest BCUT2D eigenvalue weighted by molar-refractivity contribution is -0.142. The number of nitrogens with one attached hydrogen (secondary N) is 2. The summed E-state index contributed by atoms with van der Waals surface area (Å²) >= 11 is 0. The summed E-state index contributed by atoms with van der Waals surface area (Å²) in [5, 5.41) is 50.1. The van der Waals surface area contributed by atoms with Crippen molar-refractivity contribution in [2.24, 2.45) is 0 Å². The first-order chi connectivity index (χ1) is 20.9. The molecule has 44 heavy (non-hydrogen) atoms. The van der Waals surface area contributed by atoms with Gasteiger partial charge in [0.2, 0.25) is 0 Å². The van der Waals surface area contributed by atoms with Crippen LogP contribution >= 0.6 is 0 Å². The monoisotopic (exact) mass is 603 g/mol. The van der Waals surface area contributed by atoms with Crippen molar-refractivity contribution >= 4 is 12.0 Å². The van der Waals surface area contributed by atoms with Gasteiger partial charge >= 0.3 is 6.09 Å². The minimum Gasteiger partial charge on any atom is -0.465 e. The van der Waals surface area contributed by atoms with Gasteiger partial charge in [-0.1, -0.05) is 84.9 Å². The maximum atomic E-state index is 13.5. The van der Waals surface area contributed by atoms with Crippen molar-refractivity contribution in [2.45, 2.75) is 81.9 Å². The third-order valence-electron chi connectivity index (χ3n) is 8.37. The van der Waals surface area contributed by atoms with Gasteiger partial charge in [-0.2, -0.15) is 0 Å². The molecule has 1 aliphatic carbocycles. The molecule has 1 unspecified atom stereocenters. The number of fused-ring (bicyclic) bond motifs is 1. The van der Waals surface area contributed by atoms with Crippen LogP contribution in [0.25, 0.3) is 0 Å². The lowest BCUT2D eigenvalue weighted by Crippen LogP contribution is -2.58. The lowest BCUT2D eigenvalue weighted by Gasteiger charge is -2.42. The first-order valence-electron chi connectivity index (χ1n) is 15.2. The molecule has 236 valence electrons. The fourth-order valence-corrected chi connectivity index (χ4v) is 6.11. The summed E-state index contributed by atoms with van der Waals surface area (Å²) in [5.74, 6) is -0.562. The quantitative estimate of drug-likeness (QED) is 0.176. The average Bonchev–Trinajstić information content (AvgIpc) is 3.34. The largest absolute Gasteiger partial charge is 0.465 e. The molecule has 5 atom stereocenters. The molecule has 2 amide bonds. The highest BCUT2D eigenvalue weighted by atomic mass is 16.4. The van der Waals surface area contributed by atoms with Gasteiger partial charge in [0.05, 0.1) is 24.3 Å². The molecule has 3 aromatic rings. The number of rotatable bonds is 13. The van der Waals surface area contributed by atoms with Crippen LogP contribution in [0.2, 0.25) is 0 Å². The van der Waals surface area contributed by atoms with Gasteiger partial charge in [-0.3, -0.25) is 9.69 Å². The zero-order valence-corrected chi connectivity index (χ0v) is 25.7. The number of hydrogen-bond donors (Lipinski definition) is 6. The van der Waals surface area contributed by atoms with Crippen LogP contribution in [0, 0.1) is 0 Å². The van der Waals surface area contributed by atoms with E-state index in [-0.39, 0.29) is 19.5 Å². The maximum Gasteiger partial charge on any atom is 0.408 e. The second-order valence-electron chi connectivity index (χ2n) is 12.7. The zero-order valence-electron chi connectivity index (χ0n) is 25.7. The van der Waals surface area contributed by atoms with Crippen molar-refractivity contribution in [1.82, 2.24) is 15.5 Å². The van der Waals surface area contributed by atoms with Crippen molar-refractivity contribution in [1.29, 1.82) is 0 Å². The first kappa shape index (κ1) is 33.1. The Bertz CT molecular complexity index is 1380. The Kier molecular flexibility index (Phi) is 10.8. The van der Waals surface area contributed by atoms with Gasteiger partial charge in [0.1, 0.15) is 0 Å². The molecule has 0 aromatic heterocycles. The lowest BCUT2D eigenvalue weighted by atomic mass is 9.93. The molecular weight excluding hydrogens is 558 g/mol. The fraction of sp³-hybridized carbons (Fsp3) is 0.429. The topological polar surface area (TPSA) is 142 Å². The molecule has 0 saturated heterocycles. The molecule has 9 heteroatoms. The minimum atomic E-state index is -1.69. The minimum absolute atomic E-state index is 0.0116. The summed E-state index contributed by atoms with van der Waals surface area (Å²) in [5.41, 5.74) is 0.850. The van der Waals surface area contributed by atoms with Gasteiger partial charge < -0.3 is 31.1 Å². The maximum absolute atomic E-state index is 13.5. The Morgan fingerprint density at radius 2 is 1.39 bits per heavy atom. The van der Waals surface area contributed by atoms with E-state index in [2.05, 4.69) is 10.6 Å². The van der Waals surface area contributed by atoms with Gasteiger partial charge in [-0.25, -0.2) is 4.79 Å². The Hall–Kier alpha value is -3.76. The van der Waals surface area contributed by atoms with Crippen LogP contribution in [0.4, 0.5) is 4.79 Å². The number of carbonyl (C=O) groups is 2. The third kappa shape index (κ3) is 8.04. The number of carboxylic acid groups (broad SMARTS) is 1. The Balaban J connectivity index is 1.47. The summed E-state index contributed by atoms with van der Waals surface area (Å²) in [6, 6.07) is 24.7. The van der Waals surface area contributed by atoms with Gasteiger partial charge in [0, 0.05) is 18.6 Å². The van der Waals surface area contributed by atoms with Crippen LogP contribution in [-0.2, 0) is 29.7 Å². The van der Waals surface area contributed by atoms with Crippen LogP contribution in [0.3, 0.4) is 0 Å². The number of benzene rings is 3. The number of hydrogen-bond acceptors (Lipinski definition) is 6. The molecule has 0 radical (unpaired) electrons. The van der Waals surface area contributed by atoms with Crippen LogP contribution in [0.15, 0.2) is 84.9 Å². The van der Waals surface area contributed by atoms with Gasteiger partial charge in [0.25, 0.3) is 5.91 Å². The van der Waals surface area contributed by atoms with E-state index in [1.165, 1.54) is 4.90 Å². The normalized spacial score (nSPS) is 19.0. The summed E-state index contributed by atoms with van der Waals surface area (Å²) in [6.45, 7) is 5.39. The van der Waals surface area contributed by atoms with E-state index in [1.807, 2.05) is 72.8 Å². The van der Waals surface area contributed by atoms with Gasteiger partial charge in [-0.05, 0) is 68.7 Å². The number of carbonyl (C=O) groups excluding carboxylic acids is 1. The second kappa shape index (κ2) is 14.3. The molecule has 0 spiro atoms. The van der Waals surface area contributed by atoms with Crippen molar-refractivity contribution in [3.05, 3.63) is 107 Å². The first-order valence-corrected chi connectivity index (χ1v) is 15.2. The molecule has 4 rings (SSSR count). The highest BCUT2D eigenvalue weighted by molar-refractivity contribution is 5.88. The van der Waals surface area contributed by atoms with Crippen LogP contribution < -0.4 is 10.6 Å². The van der Waals surface area contributed by atoms with E-state index in [1.54, 1.807) is 32.9 Å². The Labute approximate surface area is 259 Å². The van der Waals surface area contributed by atoms with Crippen LogP contribution in [0.1, 0.15) is 49.4 Å².